The number of H-pyrrole nitrogens is 1. The van der Waals surface area contributed by atoms with Crippen molar-refractivity contribution in [1.29, 1.82) is 5.26 Å². The third kappa shape index (κ3) is 4.34. The molecule has 6 rings (SSSR count). The molecule has 4 aromatic rings. The van der Waals surface area contributed by atoms with Gasteiger partial charge in [-0.2, -0.15) is 10.4 Å². The van der Waals surface area contributed by atoms with Gasteiger partial charge in [0, 0.05) is 42.1 Å². The number of ether oxygens (including phenoxy) is 2. The first-order valence-electron chi connectivity index (χ1n) is 12.5. The average Bonchev–Trinajstić information content (AvgIpc) is 3.39. The van der Waals surface area contributed by atoms with Gasteiger partial charge in [0.05, 0.1) is 30.0 Å². The summed E-state index contributed by atoms with van der Waals surface area (Å²) in [7, 11) is 0. The lowest BCUT2D eigenvalue weighted by Crippen LogP contribution is -2.49. The van der Waals surface area contributed by atoms with E-state index in [4.69, 9.17) is 9.47 Å². The molecule has 0 spiro atoms. The smallest absolute Gasteiger partial charge is 0.150 e. The number of aromatic nitrogens is 2. The predicted molar refractivity (Wildman–Crippen MR) is 141 cm³/mol. The highest BCUT2D eigenvalue weighted by atomic mass is 19.1. The molecule has 2 aliphatic heterocycles. The normalized spacial score (nSPS) is 17.7. The van der Waals surface area contributed by atoms with Gasteiger partial charge in [-0.15, -0.1) is 0 Å². The zero-order chi connectivity index (χ0) is 25.4. The third-order valence-corrected chi connectivity index (χ3v) is 7.31. The Morgan fingerprint density at radius 1 is 1.11 bits per heavy atom. The van der Waals surface area contributed by atoms with Gasteiger partial charge >= 0.3 is 0 Å². The number of allylic oxidation sites excluding steroid dienone is 1. The van der Waals surface area contributed by atoms with E-state index in [1.807, 2.05) is 66.9 Å². The van der Waals surface area contributed by atoms with E-state index < -0.39 is 0 Å². The molecule has 1 fully saturated rings. The summed E-state index contributed by atoms with van der Waals surface area (Å²) in [6, 6.07) is 21.8. The van der Waals surface area contributed by atoms with E-state index in [0.29, 0.717) is 12.2 Å². The zero-order valence-corrected chi connectivity index (χ0v) is 20.6. The monoisotopic (exact) mass is 494 g/mol. The molecule has 3 aromatic carbocycles. The van der Waals surface area contributed by atoms with Crippen LogP contribution in [0.3, 0.4) is 0 Å². The Morgan fingerprint density at radius 3 is 2.62 bits per heavy atom. The van der Waals surface area contributed by atoms with Gasteiger partial charge in [-0.25, -0.2) is 0 Å². The summed E-state index contributed by atoms with van der Waals surface area (Å²) >= 11 is 0. The second kappa shape index (κ2) is 9.72. The van der Waals surface area contributed by atoms with E-state index in [-0.39, 0.29) is 18.7 Å². The highest BCUT2D eigenvalue weighted by Gasteiger charge is 2.31. The van der Waals surface area contributed by atoms with Crippen LogP contribution >= 0.6 is 0 Å². The predicted octanol–water partition coefficient (Wildman–Crippen LogP) is 5.78. The summed E-state index contributed by atoms with van der Waals surface area (Å²) < 4.78 is 25.2. The van der Waals surface area contributed by atoms with Crippen molar-refractivity contribution < 1.29 is 13.9 Å². The first-order chi connectivity index (χ1) is 18.1. The van der Waals surface area contributed by atoms with Crippen LogP contribution in [-0.4, -0.2) is 48.0 Å². The number of likely N-dealkylation sites (tertiary alicyclic amines) is 1. The van der Waals surface area contributed by atoms with Crippen LogP contribution in [0.5, 0.6) is 11.5 Å². The highest BCUT2D eigenvalue weighted by Crippen LogP contribution is 2.48. The molecule has 6 nitrogen and oxygen atoms in total. The van der Waals surface area contributed by atoms with Crippen LogP contribution in [0.2, 0.25) is 0 Å². The van der Waals surface area contributed by atoms with Gasteiger partial charge in [-0.05, 0) is 60.0 Å². The van der Waals surface area contributed by atoms with Crippen molar-refractivity contribution >= 4 is 22.0 Å². The Kier molecular flexibility index (Phi) is 6.11. The fourth-order valence-electron chi connectivity index (χ4n) is 5.32. The average molecular weight is 495 g/mol. The quantitative estimate of drug-likeness (QED) is 0.353. The molecule has 1 saturated heterocycles. The van der Waals surface area contributed by atoms with E-state index in [0.717, 1.165) is 69.9 Å². The molecule has 0 amide bonds. The Bertz CT molecular complexity index is 1500. The van der Waals surface area contributed by atoms with Crippen LogP contribution in [0.25, 0.3) is 22.0 Å². The van der Waals surface area contributed by atoms with Crippen molar-refractivity contribution in [3.8, 4) is 17.6 Å². The summed E-state index contributed by atoms with van der Waals surface area (Å²) in [5.74, 6) is 1.80. The Morgan fingerprint density at radius 2 is 1.89 bits per heavy atom. The minimum Gasteiger partial charge on any atom is -0.492 e. The van der Waals surface area contributed by atoms with Gasteiger partial charge in [0.2, 0.25) is 0 Å². The molecule has 0 aliphatic carbocycles. The van der Waals surface area contributed by atoms with E-state index in [1.165, 1.54) is 0 Å². The fourth-order valence-corrected chi connectivity index (χ4v) is 5.32. The summed E-state index contributed by atoms with van der Waals surface area (Å²) in [5.41, 5.74) is 6.80. The molecule has 1 aromatic heterocycles. The molecule has 186 valence electrons. The lowest BCUT2D eigenvalue weighted by Gasteiger charge is -2.37. The maximum absolute atomic E-state index is 12.6. The highest BCUT2D eigenvalue weighted by molar-refractivity contribution is 6.04. The molecule has 3 heterocycles. The summed E-state index contributed by atoms with van der Waals surface area (Å²) in [4.78, 5) is 2.21. The van der Waals surface area contributed by atoms with Crippen molar-refractivity contribution in [3.05, 3.63) is 89.1 Å². The zero-order valence-electron chi connectivity index (χ0n) is 20.6. The van der Waals surface area contributed by atoms with Gasteiger partial charge in [0.1, 0.15) is 24.2 Å². The summed E-state index contributed by atoms with van der Waals surface area (Å²) in [6.07, 6.45) is 1.51. The number of nitrogens with zero attached hydrogens (tertiary/aromatic N) is 3. The van der Waals surface area contributed by atoms with Crippen molar-refractivity contribution in [2.45, 2.75) is 13.0 Å². The number of hydrogen-bond donors (Lipinski definition) is 1. The van der Waals surface area contributed by atoms with E-state index in [1.54, 1.807) is 0 Å². The van der Waals surface area contributed by atoms with Crippen LogP contribution in [0, 0.1) is 17.2 Å². The lowest BCUT2D eigenvalue weighted by molar-refractivity contribution is 0.0668. The van der Waals surface area contributed by atoms with Crippen LogP contribution in [0.15, 0.2) is 66.9 Å². The maximum atomic E-state index is 12.6. The summed E-state index contributed by atoms with van der Waals surface area (Å²) in [5, 5.41) is 17.6. The van der Waals surface area contributed by atoms with E-state index in [2.05, 4.69) is 28.1 Å². The summed E-state index contributed by atoms with van der Waals surface area (Å²) in [6.45, 7) is 4.88. The van der Waals surface area contributed by atoms with Gasteiger partial charge in [0.25, 0.3) is 0 Å². The SMILES string of the molecule is CC1=C(c2ccc(C#N)cc2)C(c2ccc(OCCN3CC(CF)C3)cc2)Oc2ccc3[nH]ncc3c21. The van der Waals surface area contributed by atoms with E-state index in [9.17, 15) is 9.65 Å². The Hall–Kier alpha value is -4.15. The first-order valence-corrected chi connectivity index (χ1v) is 12.5. The number of alkyl halides is 1. The minimum absolute atomic E-state index is 0.186. The van der Waals surface area contributed by atoms with Crippen molar-refractivity contribution in [1.82, 2.24) is 15.1 Å². The lowest BCUT2D eigenvalue weighted by atomic mass is 9.85. The van der Waals surface area contributed by atoms with Gasteiger partial charge in [0.15, 0.2) is 0 Å². The molecule has 7 heteroatoms. The first kappa shape index (κ1) is 23.3. The third-order valence-electron chi connectivity index (χ3n) is 7.31. The molecule has 0 saturated carbocycles. The molecule has 1 unspecified atom stereocenters. The number of benzene rings is 3. The number of nitrogens with one attached hydrogen (secondary N) is 1. The van der Waals surface area contributed by atoms with Crippen LogP contribution < -0.4 is 9.47 Å². The largest absolute Gasteiger partial charge is 0.492 e. The fraction of sp³-hybridized carbons (Fsp3) is 0.267. The molecule has 2 aliphatic rings. The van der Waals surface area contributed by atoms with Crippen molar-refractivity contribution in [2.75, 3.05) is 32.9 Å². The second-order valence-corrected chi connectivity index (χ2v) is 9.69. The van der Waals surface area contributed by atoms with Gasteiger partial charge in [-0.3, -0.25) is 14.4 Å². The number of rotatable bonds is 7. The topological polar surface area (TPSA) is 74.2 Å². The Balaban J connectivity index is 1.30. The van der Waals surface area contributed by atoms with Crippen LogP contribution in [0.4, 0.5) is 4.39 Å². The molecular formula is C30H27FN4O2. The number of fused-ring (bicyclic) bond motifs is 3. The number of aromatic amines is 1. The maximum Gasteiger partial charge on any atom is 0.150 e. The molecule has 1 N–H and O–H groups in total. The second-order valence-electron chi connectivity index (χ2n) is 9.69. The van der Waals surface area contributed by atoms with Gasteiger partial charge < -0.3 is 9.47 Å². The van der Waals surface area contributed by atoms with Crippen molar-refractivity contribution in [2.24, 2.45) is 5.92 Å². The van der Waals surface area contributed by atoms with Crippen LogP contribution in [-0.2, 0) is 0 Å². The molecule has 0 radical (unpaired) electrons. The number of nitriles is 1. The minimum atomic E-state index is -0.322. The molecule has 37 heavy (non-hydrogen) atoms. The van der Waals surface area contributed by atoms with Gasteiger partial charge in [-0.1, -0.05) is 24.3 Å². The Labute approximate surface area is 214 Å². The number of halogens is 1. The molecule has 1 atom stereocenters. The standard InChI is InChI=1S/C30H27FN4O2/c1-19-28(22-4-2-20(15-32)3-5-22)30(37-27-11-10-26-25(29(19)27)16-33-34-26)23-6-8-24(9-7-23)36-13-12-35-17-21(14-31)18-35/h2-11,16,21,30H,12-14,17-18H2,1H3,(H,33,34). The van der Waals surface area contributed by atoms with Crippen molar-refractivity contribution in [3.63, 3.8) is 0 Å². The molecule has 0 bridgehead atoms. The van der Waals surface area contributed by atoms with E-state index >= 15 is 0 Å². The number of hydrogen-bond acceptors (Lipinski definition) is 5. The van der Waals surface area contributed by atoms with Crippen LogP contribution in [0.1, 0.15) is 35.3 Å². The molecular weight excluding hydrogens is 467 g/mol.